The van der Waals surface area contributed by atoms with E-state index in [9.17, 15) is 0 Å². The Kier molecular flexibility index (Phi) is 3.83. The number of hydrogen-bond donors (Lipinski definition) is 4. The summed E-state index contributed by atoms with van der Waals surface area (Å²) in [5.74, 6) is 0.441. The number of nitrogen functional groups attached to an aromatic ring is 1. The number of nitrogens with two attached hydrogens (primary N) is 1. The summed E-state index contributed by atoms with van der Waals surface area (Å²) in [4.78, 5) is 4.28. The summed E-state index contributed by atoms with van der Waals surface area (Å²) in [6.45, 7) is 0. The molecule has 0 bridgehead atoms. The molecule has 0 fully saturated rings. The number of hydroxylamine groups is 1. The van der Waals surface area contributed by atoms with Crippen molar-refractivity contribution in [1.29, 1.82) is 5.41 Å². The lowest BCUT2D eigenvalue weighted by atomic mass is 10.1. The number of amidine groups is 1. The van der Waals surface area contributed by atoms with Gasteiger partial charge in [-0.2, -0.15) is 5.10 Å². The van der Waals surface area contributed by atoms with E-state index in [1.807, 2.05) is 54.1 Å². The number of benzene rings is 2. The van der Waals surface area contributed by atoms with Crippen LogP contribution in [0.5, 0.6) is 0 Å². The number of anilines is 1. The maximum atomic E-state index is 8.80. The molecule has 0 saturated carbocycles. The number of nitrogens with zero attached hydrogens (tertiary/aromatic N) is 3. The second-order valence-corrected chi connectivity index (χ2v) is 5.78. The van der Waals surface area contributed by atoms with Gasteiger partial charge in [-0.05, 0) is 35.7 Å². The zero-order valence-electron chi connectivity index (χ0n) is 13.7. The fourth-order valence-corrected chi connectivity index (χ4v) is 2.88. The zero-order valence-corrected chi connectivity index (χ0v) is 13.7. The first-order valence-electron chi connectivity index (χ1n) is 7.96. The third kappa shape index (κ3) is 2.66. The molecule has 0 spiro atoms. The van der Waals surface area contributed by atoms with Gasteiger partial charge in [-0.25, -0.2) is 9.67 Å². The van der Waals surface area contributed by atoms with Gasteiger partial charge in [0.25, 0.3) is 0 Å². The molecule has 0 aliphatic rings. The van der Waals surface area contributed by atoms with E-state index >= 15 is 0 Å². The van der Waals surface area contributed by atoms with Crippen molar-refractivity contribution < 1.29 is 5.21 Å². The predicted octanol–water partition coefficient (Wildman–Crippen LogP) is 2.97. The molecule has 0 aliphatic heterocycles. The first-order valence-corrected chi connectivity index (χ1v) is 7.96. The van der Waals surface area contributed by atoms with Crippen molar-refractivity contribution in [2.24, 2.45) is 0 Å². The van der Waals surface area contributed by atoms with E-state index in [1.54, 1.807) is 23.0 Å². The highest BCUT2D eigenvalue weighted by atomic mass is 16.5. The molecule has 26 heavy (non-hydrogen) atoms. The second-order valence-electron chi connectivity index (χ2n) is 5.78. The second kappa shape index (κ2) is 6.30. The molecule has 128 valence electrons. The first kappa shape index (κ1) is 15.8. The molecule has 7 nitrogen and oxygen atoms in total. The maximum Gasteiger partial charge on any atom is 0.149 e. The Balaban J connectivity index is 1.73. The van der Waals surface area contributed by atoms with Crippen LogP contribution in [0, 0.1) is 5.41 Å². The van der Waals surface area contributed by atoms with Gasteiger partial charge in [-0.15, -0.1) is 0 Å². The molecule has 5 N–H and O–H groups in total. The number of rotatable bonds is 3. The van der Waals surface area contributed by atoms with Crippen molar-refractivity contribution in [2.75, 3.05) is 5.73 Å². The molecule has 2 aromatic heterocycles. The van der Waals surface area contributed by atoms with Gasteiger partial charge in [0.1, 0.15) is 11.7 Å². The lowest BCUT2D eigenvalue weighted by Gasteiger charge is -2.06. The minimum Gasteiger partial charge on any atom is -0.383 e. The molecule has 0 unspecified atom stereocenters. The average molecular weight is 344 g/mol. The van der Waals surface area contributed by atoms with E-state index in [-0.39, 0.29) is 5.84 Å². The lowest BCUT2D eigenvalue weighted by molar-refractivity contribution is 0.234. The molecule has 2 aromatic carbocycles. The Hall–Kier alpha value is -3.71. The van der Waals surface area contributed by atoms with Gasteiger partial charge >= 0.3 is 0 Å². The summed E-state index contributed by atoms with van der Waals surface area (Å²) in [6.07, 6.45) is 3.60. The highest BCUT2D eigenvalue weighted by Crippen LogP contribution is 2.29. The Morgan fingerprint density at radius 3 is 2.50 bits per heavy atom. The molecule has 2 heterocycles. The SMILES string of the molecule is N=C(NO)c1ccc(-n2ccc(-c3cnc(N)c4ccccc34)n2)cc1. The first-order chi connectivity index (χ1) is 12.7. The molecule has 0 aliphatic carbocycles. The summed E-state index contributed by atoms with van der Waals surface area (Å²) in [5.41, 5.74) is 10.9. The van der Waals surface area contributed by atoms with E-state index in [1.165, 1.54) is 0 Å². The minimum absolute atomic E-state index is 0.0582. The molecule has 7 heteroatoms. The number of hydrogen-bond acceptors (Lipinski definition) is 5. The van der Waals surface area contributed by atoms with E-state index in [0.717, 1.165) is 27.7 Å². The summed E-state index contributed by atoms with van der Waals surface area (Å²) < 4.78 is 1.75. The van der Waals surface area contributed by atoms with Crippen molar-refractivity contribution >= 4 is 22.4 Å². The van der Waals surface area contributed by atoms with Gasteiger partial charge in [-0.3, -0.25) is 16.1 Å². The van der Waals surface area contributed by atoms with Crippen molar-refractivity contribution in [3.8, 4) is 16.9 Å². The van der Waals surface area contributed by atoms with Crippen LogP contribution < -0.4 is 11.2 Å². The zero-order chi connectivity index (χ0) is 18.1. The highest BCUT2D eigenvalue weighted by molar-refractivity contribution is 6.00. The summed E-state index contributed by atoms with van der Waals surface area (Å²) in [7, 11) is 0. The normalized spacial score (nSPS) is 10.8. The van der Waals surface area contributed by atoms with Crippen LogP contribution in [0.1, 0.15) is 5.56 Å². The van der Waals surface area contributed by atoms with Crippen LogP contribution in [-0.4, -0.2) is 25.8 Å². The quantitative estimate of drug-likeness (QED) is 0.259. The molecule has 4 rings (SSSR count). The minimum atomic E-state index is -0.0582. The van der Waals surface area contributed by atoms with Crippen LogP contribution in [0.15, 0.2) is 67.0 Å². The van der Waals surface area contributed by atoms with Crippen molar-refractivity contribution in [3.05, 3.63) is 72.6 Å². The summed E-state index contributed by atoms with van der Waals surface area (Å²) in [6, 6.07) is 16.9. The molecule has 0 saturated heterocycles. The van der Waals surface area contributed by atoms with E-state index in [2.05, 4.69) is 10.1 Å². The molecular formula is C19H16N6O. The maximum absolute atomic E-state index is 8.80. The van der Waals surface area contributed by atoms with Crippen LogP contribution in [-0.2, 0) is 0 Å². The number of aromatic nitrogens is 3. The number of fused-ring (bicyclic) bond motifs is 1. The van der Waals surface area contributed by atoms with Crippen molar-refractivity contribution in [2.45, 2.75) is 0 Å². The Bertz CT molecular complexity index is 1100. The molecule has 0 radical (unpaired) electrons. The highest BCUT2D eigenvalue weighted by Gasteiger charge is 2.10. The van der Waals surface area contributed by atoms with Gasteiger partial charge in [0.2, 0.25) is 0 Å². The van der Waals surface area contributed by atoms with Crippen LogP contribution >= 0.6 is 0 Å². The fourth-order valence-electron chi connectivity index (χ4n) is 2.88. The van der Waals surface area contributed by atoms with Gasteiger partial charge in [0.15, 0.2) is 0 Å². The average Bonchev–Trinajstić information content (AvgIpc) is 3.18. The van der Waals surface area contributed by atoms with Gasteiger partial charge in [-0.1, -0.05) is 24.3 Å². The van der Waals surface area contributed by atoms with E-state index < -0.39 is 0 Å². The van der Waals surface area contributed by atoms with Crippen LogP contribution in [0.4, 0.5) is 5.82 Å². The molecule has 0 atom stereocenters. The Morgan fingerprint density at radius 2 is 1.77 bits per heavy atom. The van der Waals surface area contributed by atoms with Crippen LogP contribution in [0.25, 0.3) is 27.7 Å². The predicted molar refractivity (Wildman–Crippen MR) is 100 cm³/mol. The van der Waals surface area contributed by atoms with Gasteiger partial charge in [0.05, 0.1) is 11.4 Å². The smallest absolute Gasteiger partial charge is 0.149 e. The van der Waals surface area contributed by atoms with E-state index in [0.29, 0.717) is 11.4 Å². The largest absolute Gasteiger partial charge is 0.383 e. The monoisotopic (exact) mass is 344 g/mol. The molecular weight excluding hydrogens is 328 g/mol. The fraction of sp³-hybridized carbons (Fsp3) is 0. The van der Waals surface area contributed by atoms with Crippen LogP contribution in [0.3, 0.4) is 0 Å². The van der Waals surface area contributed by atoms with Gasteiger partial charge < -0.3 is 5.73 Å². The summed E-state index contributed by atoms with van der Waals surface area (Å²) >= 11 is 0. The summed E-state index contributed by atoms with van der Waals surface area (Å²) in [5, 5.41) is 22.9. The standard InChI is InChI=1S/C19H16N6O/c20-18(24-26)12-5-7-13(8-6-12)25-10-9-17(23-25)16-11-22-19(21)15-4-2-1-3-14(15)16/h1-11,26H,(H2,20,24)(H2,21,22). The lowest BCUT2D eigenvalue weighted by Crippen LogP contribution is -2.18. The van der Waals surface area contributed by atoms with Crippen molar-refractivity contribution in [1.82, 2.24) is 20.2 Å². The van der Waals surface area contributed by atoms with Gasteiger partial charge in [0, 0.05) is 28.9 Å². The molecule has 4 aromatic rings. The molecule has 0 amide bonds. The third-order valence-corrected chi connectivity index (χ3v) is 4.22. The van der Waals surface area contributed by atoms with Crippen molar-refractivity contribution in [3.63, 3.8) is 0 Å². The Labute approximate surface area is 149 Å². The topological polar surface area (TPSA) is 113 Å². The van der Waals surface area contributed by atoms with E-state index in [4.69, 9.17) is 16.4 Å². The third-order valence-electron chi connectivity index (χ3n) is 4.22. The number of nitrogens with one attached hydrogen (secondary N) is 2. The Morgan fingerprint density at radius 1 is 1.04 bits per heavy atom. The number of pyridine rings is 1. The van der Waals surface area contributed by atoms with Crippen LogP contribution in [0.2, 0.25) is 0 Å².